The molecule has 0 saturated carbocycles. The summed E-state index contributed by atoms with van der Waals surface area (Å²) in [5.74, 6) is 0.891. The molecule has 7 nitrogen and oxygen atoms in total. The zero-order valence-electron chi connectivity index (χ0n) is 18.2. The third-order valence-electron chi connectivity index (χ3n) is 5.97. The van der Waals surface area contributed by atoms with Gasteiger partial charge in [0.2, 0.25) is 0 Å². The number of benzene rings is 2. The van der Waals surface area contributed by atoms with Crippen LogP contribution in [0.5, 0.6) is 5.75 Å². The van der Waals surface area contributed by atoms with E-state index in [9.17, 15) is 14.9 Å². The van der Waals surface area contributed by atoms with Crippen LogP contribution in [-0.4, -0.2) is 40.2 Å². The number of nitrogens with zero attached hydrogens (tertiary/aromatic N) is 2. The van der Waals surface area contributed by atoms with Crippen molar-refractivity contribution in [2.75, 3.05) is 13.1 Å². The molecule has 1 fully saturated rings. The van der Waals surface area contributed by atoms with Crippen LogP contribution in [0.15, 0.2) is 42.5 Å². The molecular weight excluding hydrogens is 396 g/mol. The fourth-order valence-corrected chi connectivity index (χ4v) is 4.25. The predicted molar refractivity (Wildman–Crippen MR) is 117 cm³/mol. The van der Waals surface area contributed by atoms with Crippen molar-refractivity contribution in [3.8, 4) is 16.9 Å². The Morgan fingerprint density at radius 1 is 1.06 bits per heavy atom. The molecule has 2 aromatic carbocycles. The number of piperidine rings is 1. The molecule has 0 atom stereocenters. The zero-order chi connectivity index (χ0) is 22.2. The number of carbonyl (C=O) groups excluding carboxylic acids is 1. The lowest BCUT2D eigenvalue weighted by atomic mass is 9.82. The second-order valence-corrected chi connectivity index (χ2v) is 9.38. The van der Waals surface area contributed by atoms with Crippen LogP contribution in [0.25, 0.3) is 11.1 Å². The van der Waals surface area contributed by atoms with Gasteiger partial charge in [-0.15, -0.1) is 0 Å². The molecule has 2 heterocycles. The Labute approximate surface area is 182 Å². The van der Waals surface area contributed by atoms with Gasteiger partial charge >= 0.3 is 6.09 Å². The molecule has 4 rings (SSSR count). The van der Waals surface area contributed by atoms with Gasteiger partial charge in [0.15, 0.2) is 0 Å². The second-order valence-electron chi connectivity index (χ2n) is 9.38. The highest BCUT2D eigenvalue weighted by Gasteiger charge is 2.41. The minimum atomic E-state index is -0.492. The summed E-state index contributed by atoms with van der Waals surface area (Å²) in [6.45, 7) is 6.89. The van der Waals surface area contributed by atoms with Crippen molar-refractivity contribution < 1.29 is 19.2 Å². The van der Waals surface area contributed by atoms with Gasteiger partial charge < -0.3 is 14.4 Å². The van der Waals surface area contributed by atoms with E-state index in [0.29, 0.717) is 13.1 Å². The first-order valence-electron chi connectivity index (χ1n) is 10.7. The van der Waals surface area contributed by atoms with Crippen LogP contribution < -0.4 is 4.74 Å². The Morgan fingerprint density at radius 3 is 2.32 bits per heavy atom. The molecule has 7 heteroatoms. The summed E-state index contributed by atoms with van der Waals surface area (Å²) in [6.07, 6.45) is 3.13. The van der Waals surface area contributed by atoms with E-state index in [4.69, 9.17) is 9.47 Å². The molecule has 2 aliphatic rings. The van der Waals surface area contributed by atoms with E-state index >= 15 is 0 Å². The Bertz CT molecular complexity index is 986. The van der Waals surface area contributed by atoms with Gasteiger partial charge in [-0.2, -0.15) is 0 Å². The quantitative estimate of drug-likeness (QED) is 0.479. The molecule has 0 aromatic heterocycles. The largest absolute Gasteiger partial charge is 0.487 e. The molecule has 2 aromatic rings. The van der Waals surface area contributed by atoms with Crippen molar-refractivity contribution in [3.05, 3.63) is 58.1 Å². The Hall–Kier alpha value is -3.09. The summed E-state index contributed by atoms with van der Waals surface area (Å²) in [5, 5.41) is 10.9. The Balaban J connectivity index is 1.43. The third-order valence-corrected chi connectivity index (χ3v) is 5.97. The van der Waals surface area contributed by atoms with Gasteiger partial charge in [0.05, 0.1) is 4.92 Å². The fraction of sp³-hybridized carbons (Fsp3) is 0.458. The standard InChI is InChI=1S/C24H28N2O5/c1-23(2,3)31-22(27)25-14-12-24(13-15-25)11-10-19-16-18(6-9-21(19)30-24)17-4-7-20(8-5-17)26(28)29/h4-9,16H,10-15H2,1-3H3. The van der Waals surface area contributed by atoms with Gasteiger partial charge in [-0.25, -0.2) is 4.79 Å². The molecule has 1 spiro atoms. The SMILES string of the molecule is CC(C)(C)OC(=O)N1CCC2(CCc3cc(-c4ccc([N+](=O)[O-])cc4)ccc3O2)CC1. The average Bonchev–Trinajstić information content (AvgIpc) is 2.73. The molecule has 0 bridgehead atoms. The van der Waals surface area contributed by atoms with E-state index < -0.39 is 10.5 Å². The molecule has 1 saturated heterocycles. The number of likely N-dealkylation sites (tertiary alicyclic amines) is 1. The smallest absolute Gasteiger partial charge is 0.410 e. The Kier molecular flexibility index (Phi) is 5.37. The first-order chi connectivity index (χ1) is 14.6. The van der Waals surface area contributed by atoms with Crippen molar-refractivity contribution in [1.82, 2.24) is 4.90 Å². The highest BCUT2D eigenvalue weighted by Crippen LogP contribution is 2.41. The van der Waals surface area contributed by atoms with Gasteiger partial charge in [-0.3, -0.25) is 10.1 Å². The third kappa shape index (κ3) is 4.65. The number of aryl methyl sites for hydroxylation is 1. The van der Waals surface area contributed by atoms with Crippen LogP contribution in [0, 0.1) is 10.1 Å². The summed E-state index contributed by atoms with van der Waals surface area (Å²) in [5.41, 5.74) is 2.47. The number of hydrogen-bond donors (Lipinski definition) is 0. The van der Waals surface area contributed by atoms with Crippen molar-refractivity contribution in [3.63, 3.8) is 0 Å². The number of amides is 1. The highest BCUT2D eigenvalue weighted by atomic mass is 16.6. The minimum absolute atomic E-state index is 0.0877. The number of fused-ring (bicyclic) bond motifs is 1. The van der Waals surface area contributed by atoms with E-state index in [1.165, 1.54) is 12.1 Å². The van der Waals surface area contributed by atoms with E-state index in [-0.39, 0.29) is 17.4 Å². The van der Waals surface area contributed by atoms with Crippen LogP contribution in [0.3, 0.4) is 0 Å². The van der Waals surface area contributed by atoms with Crippen molar-refractivity contribution >= 4 is 11.8 Å². The first kappa shape index (κ1) is 21.2. The number of ether oxygens (including phenoxy) is 2. The maximum atomic E-state index is 12.3. The van der Waals surface area contributed by atoms with E-state index in [2.05, 4.69) is 6.07 Å². The molecule has 1 amide bonds. The Morgan fingerprint density at radius 2 is 1.71 bits per heavy atom. The summed E-state index contributed by atoms with van der Waals surface area (Å²) >= 11 is 0. The van der Waals surface area contributed by atoms with Crippen molar-refractivity contribution in [1.29, 1.82) is 0 Å². The maximum absolute atomic E-state index is 12.3. The van der Waals surface area contributed by atoms with Gasteiger partial charge in [0, 0.05) is 38.1 Å². The second kappa shape index (κ2) is 7.87. The van der Waals surface area contributed by atoms with Gasteiger partial charge in [-0.05, 0) is 74.6 Å². The van der Waals surface area contributed by atoms with Crippen LogP contribution in [0.4, 0.5) is 10.5 Å². The molecule has 0 unspecified atom stereocenters. The normalized spacial score (nSPS) is 17.6. The number of rotatable bonds is 2. The highest BCUT2D eigenvalue weighted by molar-refractivity contribution is 5.68. The molecule has 0 radical (unpaired) electrons. The number of nitro groups is 1. The minimum Gasteiger partial charge on any atom is -0.487 e. The topological polar surface area (TPSA) is 81.9 Å². The summed E-state index contributed by atoms with van der Waals surface area (Å²) in [4.78, 5) is 24.6. The average molecular weight is 424 g/mol. The fourth-order valence-electron chi connectivity index (χ4n) is 4.25. The van der Waals surface area contributed by atoms with Crippen molar-refractivity contribution in [2.45, 2.75) is 57.7 Å². The number of nitro benzene ring substituents is 1. The van der Waals surface area contributed by atoms with Crippen molar-refractivity contribution in [2.24, 2.45) is 0 Å². The molecule has 2 aliphatic heterocycles. The maximum Gasteiger partial charge on any atom is 0.410 e. The van der Waals surface area contributed by atoms with E-state index in [1.54, 1.807) is 17.0 Å². The van der Waals surface area contributed by atoms with Crippen LogP contribution in [0.1, 0.15) is 45.6 Å². The summed E-state index contributed by atoms with van der Waals surface area (Å²) in [7, 11) is 0. The lowest BCUT2D eigenvalue weighted by Gasteiger charge is -2.44. The molecule has 31 heavy (non-hydrogen) atoms. The van der Waals surface area contributed by atoms with Gasteiger partial charge in [0.25, 0.3) is 5.69 Å². The zero-order valence-corrected chi connectivity index (χ0v) is 18.2. The number of hydrogen-bond acceptors (Lipinski definition) is 5. The molecular formula is C24H28N2O5. The molecule has 164 valence electrons. The lowest BCUT2D eigenvalue weighted by molar-refractivity contribution is -0.384. The summed E-state index contributed by atoms with van der Waals surface area (Å²) < 4.78 is 12.0. The van der Waals surface area contributed by atoms with E-state index in [0.717, 1.165) is 48.1 Å². The van der Waals surface area contributed by atoms with E-state index in [1.807, 2.05) is 32.9 Å². The first-order valence-corrected chi connectivity index (χ1v) is 10.7. The predicted octanol–water partition coefficient (Wildman–Crippen LogP) is 5.36. The monoisotopic (exact) mass is 424 g/mol. The number of non-ortho nitro benzene ring substituents is 1. The summed E-state index contributed by atoms with van der Waals surface area (Å²) in [6, 6.07) is 12.7. The van der Waals surface area contributed by atoms with Crippen LogP contribution in [0.2, 0.25) is 0 Å². The van der Waals surface area contributed by atoms with Crippen LogP contribution in [-0.2, 0) is 11.2 Å². The van der Waals surface area contributed by atoms with Crippen LogP contribution >= 0.6 is 0 Å². The molecule has 0 N–H and O–H groups in total. The molecule has 0 aliphatic carbocycles. The lowest BCUT2D eigenvalue weighted by Crippen LogP contribution is -2.52. The number of carbonyl (C=O) groups is 1. The van der Waals surface area contributed by atoms with Gasteiger partial charge in [-0.1, -0.05) is 6.07 Å². The van der Waals surface area contributed by atoms with Gasteiger partial charge in [0.1, 0.15) is 17.0 Å².